The Hall–Kier alpha value is -1.54. The van der Waals surface area contributed by atoms with Gasteiger partial charge in [0, 0.05) is 8.95 Å². The third-order valence-corrected chi connectivity index (χ3v) is 9.69. The minimum Gasteiger partial charge on any atom is -0.214 e. The zero-order chi connectivity index (χ0) is 29.2. The molecule has 208 valence electrons. The van der Waals surface area contributed by atoms with Crippen molar-refractivity contribution in [2.45, 2.75) is 38.6 Å². The van der Waals surface area contributed by atoms with Crippen molar-refractivity contribution in [2.75, 3.05) is 0 Å². The maximum atomic E-state index is 14.2. The Balaban J connectivity index is 2.99. The first kappa shape index (κ1) is 31.7. The Morgan fingerprint density at radius 2 is 0.784 bits per heavy atom. The maximum Gasteiger partial charge on any atom is 0.501 e. The first-order valence-electron chi connectivity index (χ1n) is 8.60. The van der Waals surface area contributed by atoms with Gasteiger partial charge in [0.25, 0.3) is 19.7 Å². The highest BCUT2D eigenvalue weighted by molar-refractivity contribution is 9.10. The van der Waals surface area contributed by atoms with Crippen molar-refractivity contribution in [3.63, 3.8) is 0 Å². The van der Waals surface area contributed by atoms with E-state index in [9.17, 15) is 69.5 Å². The molecular formula is C17H6Br2F12O4S2. The molecule has 0 amide bonds. The van der Waals surface area contributed by atoms with Crippen LogP contribution in [0.1, 0.15) is 11.1 Å². The van der Waals surface area contributed by atoms with Gasteiger partial charge in [-0.3, -0.25) is 0 Å². The van der Waals surface area contributed by atoms with Crippen LogP contribution in [-0.4, -0.2) is 40.2 Å². The fraction of sp³-hybridized carbons (Fsp3) is 0.294. The lowest BCUT2D eigenvalue weighted by Crippen LogP contribution is -2.54. The Bertz CT molecular complexity index is 1310. The van der Waals surface area contributed by atoms with E-state index in [0.29, 0.717) is 0 Å². The van der Waals surface area contributed by atoms with E-state index >= 15 is 0 Å². The maximum absolute atomic E-state index is 14.2. The number of alkyl halides is 12. The van der Waals surface area contributed by atoms with Gasteiger partial charge >= 0.3 is 23.4 Å². The number of hydrogen-bond acceptors (Lipinski definition) is 4. The molecule has 2 rings (SSSR count). The molecule has 0 radical (unpaired) electrons. The van der Waals surface area contributed by atoms with Gasteiger partial charge in [0.2, 0.25) is 5.41 Å². The monoisotopic (exact) mass is 724 g/mol. The second kappa shape index (κ2) is 9.29. The van der Waals surface area contributed by atoms with Gasteiger partial charge in [0.15, 0.2) is 0 Å². The molecule has 0 N–H and O–H groups in total. The van der Waals surface area contributed by atoms with E-state index in [-0.39, 0.29) is 36.4 Å². The lowest BCUT2D eigenvalue weighted by molar-refractivity contribution is -0.288. The van der Waals surface area contributed by atoms with E-state index in [2.05, 4.69) is 31.9 Å². The molecule has 0 saturated heterocycles. The smallest absolute Gasteiger partial charge is 0.214 e. The van der Waals surface area contributed by atoms with Crippen molar-refractivity contribution in [1.82, 2.24) is 0 Å². The van der Waals surface area contributed by atoms with Gasteiger partial charge < -0.3 is 0 Å². The normalized spacial score (nSPS) is 14.6. The van der Waals surface area contributed by atoms with Crippen molar-refractivity contribution in [3.05, 3.63) is 56.5 Å². The van der Waals surface area contributed by atoms with Gasteiger partial charge in [-0.1, -0.05) is 12.1 Å². The predicted octanol–water partition coefficient (Wildman–Crippen LogP) is 7.21. The van der Waals surface area contributed by atoms with Crippen molar-refractivity contribution < 1.29 is 69.5 Å². The molecule has 0 saturated carbocycles. The Morgan fingerprint density at radius 3 is 0.973 bits per heavy atom. The number of hydrogen-bond donors (Lipinski definition) is 0. The van der Waals surface area contributed by atoms with E-state index in [1.807, 2.05) is 0 Å². The van der Waals surface area contributed by atoms with Crippen LogP contribution in [-0.2, 0) is 25.1 Å². The number of halogens is 14. The molecule has 0 atom stereocenters. The van der Waals surface area contributed by atoms with Gasteiger partial charge in [0.1, 0.15) is 0 Å². The highest BCUT2D eigenvalue weighted by atomic mass is 79.9. The van der Waals surface area contributed by atoms with Crippen LogP contribution in [0.4, 0.5) is 52.7 Å². The highest BCUT2D eigenvalue weighted by Gasteiger charge is 2.72. The molecule has 37 heavy (non-hydrogen) atoms. The largest absolute Gasteiger partial charge is 0.501 e. The average Bonchev–Trinajstić information content (AvgIpc) is 2.64. The predicted molar refractivity (Wildman–Crippen MR) is 108 cm³/mol. The molecule has 4 nitrogen and oxygen atoms in total. The summed E-state index contributed by atoms with van der Waals surface area (Å²) in [7, 11) is -12.5. The number of benzene rings is 2. The first-order chi connectivity index (χ1) is 16.2. The summed E-state index contributed by atoms with van der Waals surface area (Å²) in [6.45, 7) is 0. The van der Waals surface area contributed by atoms with Crippen molar-refractivity contribution >= 4 is 51.5 Å². The summed E-state index contributed by atoms with van der Waals surface area (Å²) in [4.78, 5) is -3.45. The molecule has 0 bridgehead atoms. The molecule has 0 aliphatic rings. The first-order valence-corrected chi connectivity index (χ1v) is 13.2. The molecule has 2 aromatic rings. The quantitative estimate of drug-likeness (QED) is 0.313. The van der Waals surface area contributed by atoms with E-state index in [4.69, 9.17) is 0 Å². The number of rotatable bonds is 4. The van der Waals surface area contributed by atoms with Crippen molar-refractivity contribution in [2.24, 2.45) is 0 Å². The van der Waals surface area contributed by atoms with Crippen LogP contribution in [0.25, 0.3) is 0 Å². The third kappa shape index (κ3) is 5.09. The molecule has 0 aromatic heterocycles. The molecule has 0 spiro atoms. The molecule has 0 aliphatic heterocycles. The van der Waals surface area contributed by atoms with Crippen molar-refractivity contribution in [1.29, 1.82) is 0 Å². The zero-order valence-electron chi connectivity index (χ0n) is 16.7. The molecule has 0 fully saturated rings. The summed E-state index contributed by atoms with van der Waals surface area (Å²) >= 11 is 4.44. The summed E-state index contributed by atoms with van der Waals surface area (Å²) in [5.74, 6) is 0. The SMILES string of the molecule is O=S(=O)(c1ccc(C(c2ccc(S(=O)(=O)C(F)(F)F)c(Br)c2)(C(F)(F)F)C(F)(F)F)cc1Br)C(F)(F)F. The minimum atomic E-state index is -6.40. The van der Waals surface area contributed by atoms with Crippen LogP contribution in [0, 0.1) is 0 Å². The van der Waals surface area contributed by atoms with E-state index in [1.54, 1.807) is 0 Å². The minimum absolute atomic E-state index is 0.175. The fourth-order valence-electron chi connectivity index (χ4n) is 3.14. The molecular weight excluding hydrogens is 720 g/mol. The van der Waals surface area contributed by atoms with Crippen LogP contribution < -0.4 is 0 Å². The van der Waals surface area contributed by atoms with E-state index < -0.39 is 78.3 Å². The Labute approximate surface area is 215 Å². The summed E-state index contributed by atoms with van der Waals surface area (Å²) in [5.41, 5.74) is -20.9. The molecule has 0 heterocycles. The van der Waals surface area contributed by atoms with Gasteiger partial charge in [-0.15, -0.1) is 0 Å². The fourth-order valence-corrected chi connectivity index (χ4v) is 6.80. The van der Waals surface area contributed by atoms with Crippen LogP contribution in [0.15, 0.2) is 55.1 Å². The average molecular weight is 726 g/mol. The Kier molecular flexibility index (Phi) is 7.95. The lowest BCUT2D eigenvalue weighted by atomic mass is 9.73. The molecule has 0 unspecified atom stereocenters. The van der Waals surface area contributed by atoms with Crippen LogP contribution in [0.2, 0.25) is 0 Å². The van der Waals surface area contributed by atoms with E-state index in [1.165, 1.54) is 0 Å². The van der Waals surface area contributed by atoms with Crippen LogP contribution >= 0.6 is 31.9 Å². The molecule has 2 aromatic carbocycles. The summed E-state index contributed by atoms with van der Waals surface area (Å²) in [6, 6.07) is -1.17. The second-order valence-corrected chi connectivity index (χ2v) is 12.5. The third-order valence-electron chi connectivity index (χ3n) is 4.77. The highest BCUT2D eigenvalue weighted by Crippen LogP contribution is 2.57. The van der Waals surface area contributed by atoms with E-state index in [0.717, 1.165) is 0 Å². The summed E-state index contributed by atoms with van der Waals surface area (Å²) < 4.78 is 206. The molecule has 0 aliphatic carbocycles. The number of sulfone groups is 2. The van der Waals surface area contributed by atoms with Crippen molar-refractivity contribution in [3.8, 4) is 0 Å². The molecule has 20 heteroatoms. The van der Waals surface area contributed by atoms with Gasteiger partial charge in [0.05, 0.1) is 9.79 Å². The van der Waals surface area contributed by atoms with Crippen LogP contribution in [0.5, 0.6) is 0 Å². The topological polar surface area (TPSA) is 68.3 Å². The van der Waals surface area contributed by atoms with Gasteiger partial charge in [-0.25, -0.2) is 16.8 Å². The summed E-state index contributed by atoms with van der Waals surface area (Å²) in [5, 5.41) is 0. The summed E-state index contributed by atoms with van der Waals surface area (Å²) in [6.07, 6.45) is -12.8. The zero-order valence-corrected chi connectivity index (χ0v) is 21.5. The van der Waals surface area contributed by atoms with Gasteiger partial charge in [-0.05, 0) is 67.3 Å². The van der Waals surface area contributed by atoms with Gasteiger partial charge in [-0.2, -0.15) is 52.7 Å². The standard InChI is InChI=1S/C17H6Br2F12O4S2/c18-9-5-7(1-3-11(9)36(32,33)16(26,27)28)13(14(20,21)22,15(23,24)25)8-2-4-12(10(19)6-8)37(34,35)17(29,30)31/h1-6H. The lowest BCUT2D eigenvalue weighted by Gasteiger charge is -2.38. The Morgan fingerprint density at radius 1 is 0.514 bits per heavy atom. The second-order valence-electron chi connectivity index (χ2n) is 6.93. The van der Waals surface area contributed by atoms with Crippen LogP contribution in [0.3, 0.4) is 0 Å².